The summed E-state index contributed by atoms with van der Waals surface area (Å²) in [5.41, 5.74) is 2.80. The number of benzene rings is 2. The number of hydrogen-bond acceptors (Lipinski definition) is 4. The topological polar surface area (TPSA) is 39.7 Å². The summed E-state index contributed by atoms with van der Waals surface area (Å²) < 4.78 is 49.1. The molecule has 0 fully saturated rings. The second-order valence-corrected chi connectivity index (χ2v) is 8.76. The second-order valence-electron chi connectivity index (χ2n) is 6.93. The normalized spacial score (nSPS) is 11.1. The summed E-state index contributed by atoms with van der Waals surface area (Å²) in [5, 5.41) is 0.635. The van der Waals surface area contributed by atoms with Crippen LogP contribution < -0.4 is 15.0 Å². The van der Waals surface area contributed by atoms with Gasteiger partial charge < -0.3 is 9.47 Å². The lowest BCUT2D eigenvalue weighted by Crippen LogP contribution is -2.14. The van der Waals surface area contributed by atoms with Gasteiger partial charge in [-0.25, -0.2) is 0 Å². The summed E-state index contributed by atoms with van der Waals surface area (Å²) in [7, 11) is 0. The molecule has 0 heterocycles. The maximum absolute atomic E-state index is 12.6. The molecule has 0 aliphatic heterocycles. The van der Waals surface area contributed by atoms with Gasteiger partial charge in [0.05, 0.1) is 34.5 Å². The van der Waals surface area contributed by atoms with Crippen LogP contribution >= 0.6 is 46.4 Å². The smallest absolute Gasteiger partial charge is 0.416 e. The average molecular weight is 559 g/mol. The van der Waals surface area contributed by atoms with Crippen molar-refractivity contribution < 1.29 is 27.5 Å². The van der Waals surface area contributed by atoms with Crippen LogP contribution in [0.4, 0.5) is 13.2 Å². The molecule has 0 saturated heterocycles. The van der Waals surface area contributed by atoms with Crippen molar-refractivity contribution in [1.29, 1.82) is 0 Å². The van der Waals surface area contributed by atoms with Gasteiger partial charge in [-0.2, -0.15) is 13.2 Å². The monoisotopic (exact) mass is 557 g/mol. The zero-order valence-electron chi connectivity index (χ0n) is 17.9. The van der Waals surface area contributed by atoms with Crippen LogP contribution in [-0.4, -0.2) is 19.8 Å². The lowest BCUT2D eigenvalue weighted by molar-refractivity contribution is -0.137. The van der Waals surface area contributed by atoms with Crippen molar-refractivity contribution in [3.05, 3.63) is 74.7 Å². The number of hydroxylamine groups is 1. The first kappa shape index (κ1) is 28.5. The Balaban J connectivity index is 1.63. The molecule has 0 aromatic heterocycles. The van der Waals surface area contributed by atoms with Gasteiger partial charge in [0.15, 0.2) is 5.75 Å². The molecule has 1 N–H and O–H groups in total. The van der Waals surface area contributed by atoms with E-state index < -0.39 is 11.7 Å². The van der Waals surface area contributed by atoms with E-state index in [-0.39, 0.29) is 11.1 Å². The Labute approximate surface area is 216 Å². The largest absolute Gasteiger partial charge is 0.490 e. The summed E-state index contributed by atoms with van der Waals surface area (Å²) >= 11 is 23.5. The predicted octanol–water partition coefficient (Wildman–Crippen LogP) is 8.45. The van der Waals surface area contributed by atoms with Gasteiger partial charge in [-0.05, 0) is 43.0 Å². The zero-order valence-corrected chi connectivity index (χ0v) is 20.9. The van der Waals surface area contributed by atoms with E-state index >= 15 is 0 Å². The molecule has 0 unspecified atom stereocenters. The van der Waals surface area contributed by atoms with Crippen LogP contribution in [0.15, 0.2) is 53.5 Å². The molecule has 2 aromatic rings. The van der Waals surface area contributed by atoms with Crippen LogP contribution in [0.1, 0.15) is 30.4 Å². The number of hydrogen-bond donors (Lipinski definition) is 1. The fourth-order valence-electron chi connectivity index (χ4n) is 2.64. The Kier molecular flexibility index (Phi) is 11.7. The van der Waals surface area contributed by atoms with Crippen LogP contribution in [0.5, 0.6) is 11.5 Å². The second kappa shape index (κ2) is 14.0. The number of halogens is 7. The van der Waals surface area contributed by atoms with E-state index in [9.17, 15) is 13.2 Å². The van der Waals surface area contributed by atoms with Crippen LogP contribution in [0, 0.1) is 0 Å². The molecule has 2 rings (SSSR count). The SMILES string of the molecule is C=C(NOCCCCCOc1c(Cl)cc(OCC=C(Cl)Cl)cc1Cl)c1ccc(C(F)(F)F)cc1. The number of unbranched alkanes of at least 4 members (excludes halogenated alkanes) is 2. The van der Waals surface area contributed by atoms with Crippen molar-refractivity contribution in [1.82, 2.24) is 5.48 Å². The predicted molar refractivity (Wildman–Crippen MR) is 131 cm³/mol. The van der Waals surface area contributed by atoms with Crippen molar-refractivity contribution in [2.75, 3.05) is 19.8 Å². The number of rotatable bonds is 13. The molecule has 0 bridgehead atoms. The summed E-state index contributed by atoms with van der Waals surface area (Å²) in [6.45, 7) is 4.71. The maximum atomic E-state index is 12.6. The van der Waals surface area contributed by atoms with Crippen molar-refractivity contribution in [3.63, 3.8) is 0 Å². The molecule has 34 heavy (non-hydrogen) atoms. The zero-order chi connectivity index (χ0) is 25.1. The first-order valence-electron chi connectivity index (χ1n) is 10.1. The van der Waals surface area contributed by atoms with E-state index in [4.69, 9.17) is 60.7 Å². The van der Waals surface area contributed by atoms with Gasteiger partial charge in [0.2, 0.25) is 0 Å². The molecule has 0 amide bonds. The highest BCUT2D eigenvalue weighted by Crippen LogP contribution is 2.37. The molecular weight excluding hydrogens is 537 g/mol. The fourth-order valence-corrected chi connectivity index (χ4v) is 3.35. The lowest BCUT2D eigenvalue weighted by atomic mass is 10.1. The van der Waals surface area contributed by atoms with E-state index in [1.807, 2.05) is 0 Å². The highest BCUT2D eigenvalue weighted by Gasteiger charge is 2.30. The number of nitrogens with one attached hydrogen (secondary N) is 1. The fraction of sp³-hybridized carbons (Fsp3) is 0.304. The van der Waals surface area contributed by atoms with E-state index in [2.05, 4.69) is 12.1 Å². The molecule has 0 atom stereocenters. The Morgan fingerprint density at radius 1 is 0.941 bits per heavy atom. The van der Waals surface area contributed by atoms with Gasteiger partial charge >= 0.3 is 6.18 Å². The molecular formula is C23H22Cl4F3NO3. The first-order valence-corrected chi connectivity index (χ1v) is 11.6. The maximum Gasteiger partial charge on any atom is 0.416 e. The Morgan fingerprint density at radius 3 is 2.15 bits per heavy atom. The van der Waals surface area contributed by atoms with Crippen molar-refractivity contribution in [2.45, 2.75) is 25.4 Å². The molecule has 186 valence electrons. The highest BCUT2D eigenvalue weighted by atomic mass is 35.5. The molecule has 0 spiro atoms. The van der Waals surface area contributed by atoms with Crippen LogP contribution in [0.3, 0.4) is 0 Å². The minimum Gasteiger partial charge on any atom is -0.490 e. The van der Waals surface area contributed by atoms with Gasteiger partial charge in [-0.3, -0.25) is 10.3 Å². The van der Waals surface area contributed by atoms with Crippen LogP contribution in [0.25, 0.3) is 5.70 Å². The molecule has 0 radical (unpaired) electrons. The minimum absolute atomic E-state index is 0.0995. The van der Waals surface area contributed by atoms with Gasteiger partial charge in [0.1, 0.15) is 16.8 Å². The quantitative estimate of drug-likeness (QED) is 0.198. The van der Waals surface area contributed by atoms with Crippen molar-refractivity contribution in [2.24, 2.45) is 0 Å². The summed E-state index contributed by atoms with van der Waals surface area (Å²) in [5.74, 6) is 0.822. The van der Waals surface area contributed by atoms with E-state index in [0.29, 0.717) is 46.0 Å². The summed E-state index contributed by atoms with van der Waals surface area (Å²) in [6.07, 6.45) is -0.635. The first-order chi connectivity index (χ1) is 16.1. The molecule has 0 saturated carbocycles. The lowest BCUT2D eigenvalue weighted by Gasteiger charge is -2.13. The van der Waals surface area contributed by atoms with Crippen LogP contribution in [0.2, 0.25) is 10.0 Å². The van der Waals surface area contributed by atoms with Gasteiger partial charge in [-0.15, -0.1) is 0 Å². The average Bonchev–Trinajstić information content (AvgIpc) is 2.76. The van der Waals surface area contributed by atoms with Crippen LogP contribution in [-0.2, 0) is 11.0 Å². The van der Waals surface area contributed by atoms with Gasteiger partial charge in [0.25, 0.3) is 0 Å². The van der Waals surface area contributed by atoms with Gasteiger partial charge in [-0.1, -0.05) is 65.1 Å². The van der Waals surface area contributed by atoms with E-state index in [0.717, 1.165) is 31.4 Å². The summed E-state index contributed by atoms with van der Waals surface area (Å²) in [4.78, 5) is 5.32. The Hall–Kier alpha value is -1.77. The molecule has 0 aliphatic carbocycles. The van der Waals surface area contributed by atoms with Crippen molar-refractivity contribution >= 4 is 52.1 Å². The van der Waals surface area contributed by atoms with Crippen molar-refractivity contribution in [3.8, 4) is 11.5 Å². The third-order valence-corrected chi connectivity index (χ3v) is 5.22. The number of ether oxygens (including phenoxy) is 2. The minimum atomic E-state index is -4.38. The van der Waals surface area contributed by atoms with Gasteiger partial charge in [0, 0.05) is 12.1 Å². The van der Waals surface area contributed by atoms with E-state index in [1.54, 1.807) is 12.1 Å². The third kappa shape index (κ3) is 9.84. The number of alkyl halides is 3. The standard InChI is InChI=1S/C23H22Cl4F3NO3/c1-15(16-5-7-17(8-6-16)23(28,29)30)31-34-11-4-2-3-10-33-22-19(24)13-18(14-20(22)25)32-12-9-21(26)27/h5-9,13-14,31H,1-4,10-12H2. The van der Waals surface area contributed by atoms with E-state index in [1.165, 1.54) is 18.2 Å². The molecule has 11 heteroatoms. The Morgan fingerprint density at radius 2 is 1.56 bits per heavy atom. The Bertz CT molecular complexity index is 955. The molecule has 2 aromatic carbocycles. The highest BCUT2D eigenvalue weighted by molar-refractivity contribution is 6.55. The third-order valence-electron chi connectivity index (χ3n) is 4.35. The molecule has 0 aliphatic rings. The summed E-state index contributed by atoms with van der Waals surface area (Å²) in [6, 6.07) is 7.83. The molecule has 4 nitrogen and oxygen atoms in total.